The number of aryl methyl sites for hydroxylation is 2. The van der Waals surface area contributed by atoms with Crippen LogP contribution in [-0.2, 0) is 22.4 Å². The molecule has 0 spiro atoms. The Morgan fingerprint density at radius 3 is 3.14 bits per heavy atom. The number of hydrogen-bond acceptors (Lipinski definition) is 4. The first-order chi connectivity index (χ1) is 10.1. The maximum absolute atomic E-state index is 12.2. The van der Waals surface area contributed by atoms with Gasteiger partial charge in [0, 0.05) is 19.2 Å². The summed E-state index contributed by atoms with van der Waals surface area (Å²) in [6, 6.07) is 1.03. The van der Waals surface area contributed by atoms with E-state index in [9.17, 15) is 9.59 Å². The Balaban J connectivity index is 1.68. The largest absolute Gasteiger partial charge is 0.376 e. The fourth-order valence-corrected chi connectivity index (χ4v) is 2.97. The van der Waals surface area contributed by atoms with E-state index in [1.165, 1.54) is 4.68 Å². The first-order valence-corrected chi connectivity index (χ1v) is 7.66. The normalized spacial score (nSPS) is 22.0. The molecule has 1 aromatic rings. The predicted molar refractivity (Wildman–Crippen MR) is 77.2 cm³/mol. The summed E-state index contributed by atoms with van der Waals surface area (Å²) in [5, 5.41) is 7.22. The molecular weight excluding hydrogens is 270 g/mol. The van der Waals surface area contributed by atoms with E-state index in [2.05, 4.69) is 10.4 Å². The highest BCUT2D eigenvalue weighted by Crippen LogP contribution is 2.18. The second-order valence-electron chi connectivity index (χ2n) is 5.81. The summed E-state index contributed by atoms with van der Waals surface area (Å²) in [6.45, 7) is 2.98. The molecule has 1 aliphatic heterocycles. The zero-order valence-corrected chi connectivity index (χ0v) is 12.3. The Kier molecular flexibility index (Phi) is 4.05. The molecular formula is C15H21N3O3. The van der Waals surface area contributed by atoms with Gasteiger partial charge < -0.3 is 10.1 Å². The molecule has 1 N–H and O–H groups in total. The van der Waals surface area contributed by atoms with Gasteiger partial charge >= 0.3 is 0 Å². The summed E-state index contributed by atoms with van der Waals surface area (Å²) < 4.78 is 6.77. The van der Waals surface area contributed by atoms with Crippen molar-refractivity contribution in [3.8, 4) is 0 Å². The van der Waals surface area contributed by atoms with Gasteiger partial charge in [0.25, 0.3) is 5.56 Å². The third-order valence-electron chi connectivity index (χ3n) is 4.26. The molecule has 2 atom stereocenters. The van der Waals surface area contributed by atoms with Crippen LogP contribution in [-0.4, -0.2) is 34.9 Å². The van der Waals surface area contributed by atoms with Crippen molar-refractivity contribution in [1.29, 1.82) is 0 Å². The zero-order chi connectivity index (χ0) is 14.8. The fraction of sp³-hybridized carbons (Fsp3) is 0.667. The number of carbonyl (C=O) groups excluding carboxylic acids is 1. The van der Waals surface area contributed by atoms with Crippen molar-refractivity contribution < 1.29 is 9.53 Å². The molecule has 1 aromatic heterocycles. The van der Waals surface area contributed by atoms with Gasteiger partial charge in [-0.3, -0.25) is 9.59 Å². The SMILES string of the molecule is C[C@@H](C(=O)NC[C@@H]1CCCO1)n1nc2c(cc1=O)CCC2. The van der Waals surface area contributed by atoms with Gasteiger partial charge in [-0.1, -0.05) is 0 Å². The number of rotatable bonds is 4. The van der Waals surface area contributed by atoms with E-state index in [0.29, 0.717) is 6.54 Å². The van der Waals surface area contributed by atoms with Crippen LogP contribution in [0.15, 0.2) is 10.9 Å². The van der Waals surface area contributed by atoms with Crippen molar-refractivity contribution in [3.63, 3.8) is 0 Å². The van der Waals surface area contributed by atoms with Crippen molar-refractivity contribution in [2.75, 3.05) is 13.2 Å². The van der Waals surface area contributed by atoms with Crippen molar-refractivity contribution in [2.45, 2.75) is 51.2 Å². The molecule has 0 saturated carbocycles. The lowest BCUT2D eigenvalue weighted by Crippen LogP contribution is -2.40. The summed E-state index contributed by atoms with van der Waals surface area (Å²) in [7, 11) is 0. The van der Waals surface area contributed by atoms with Gasteiger partial charge in [-0.25, -0.2) is 4.68 Å². The van der Waals surface area contributed by atoms with Gasteiger partial charge in [0.1, 0.15) is 6.04 Å². The number of nitrogens with one attached hydrogen (secondary N) is 1. The number of ether oxygens (including phenoxy) is 1. The number of carbonyl (C=O) groups is 1. The molecule has 2 heterocycles. The van der Waals surface area contributed by atoms with E-state index < -0.39 is 6.04 Å². The summed E-state index contributed by atoms with van der Waals surface area (Å²) >= 11 is 0. The zero-order valence-electron chi connectivity index (χ0n) is 12.3. The first kappa shape index (κ1) is 14.3. The minimum atomic E-state index is -0.593. The van der Waals surface area contributed by atoms with Crippen molar-refractivity contribution in [1.82, 2.24) is 15.1 Å². The highest BCUT2D eigenvalue weighted by atomic mass is 16.5. The van der Waals surface area contributed by atoms with Crippen molar-refractivity contribution in [2.24, 2.45) is 0 Å². The Bertz CT molecular complexity index is 590. The molecule has 3 rings (SSSR count). The van der Waals surface area contributed by atoms with Gasteiger partial charge in [0.15, 0.2) is 0 Å². The van der Waals surface area contributed by atoms with Crippen LogP contribution in [0.3, 0.4) is 0 Å². The van der Waals surface area contributed by atoms with E-state index in [1.807, 2.05) is 0 Å². The smallest absolute Gasteiger partial charge is 0.267 e. The minimum Gasteiger partial charge on any atom is -0.376 e. The molecule has 0 bridgehead atoms. The molecule has 1 aliphatic carbocycles. The number of hydrogen-bond donors (Lipinski definition) is 1. The first-order valence-electron chi connectivity index (χ1n) is 7.66. The van der Waals surface area contributed by atoms with E-state index >= 15 is 0 Å². The van der Waals surface area contributed by atoms with E-state index in [4.69, 9.17) is 4.74 Å². The highest BCUT2D eigenvalue weighted by molar-refractivity contribution is 5.79. The van der Waals surface area contributed by atoms with Crippen LogP contribution >= 0.6 is 0 Å². The molecule has 114 valence electrons. The Labute approximate surface area is 123 Å². The number of nitrogens with zero attached hydrogens (tertiary/aromatic N) is 2. The summed E-state index contributed by atoms with van der Waals surface area (Å²) in [5.41, 5.74) is 1.78. The molecule has 6 heteroatoms. The van der Waals surface area contributed by atoms with Crippen LogP contribution in [0.25, 0.3) is 0 Å². The second kappa shape index (κ2) is 5.97. The maximum Gasteiger partial charge on any atom is 0.267 e. The number of fused-ring (bicyclic) bond motifs is 1. The van der Waals surface area contributed by atoms with Gasteiger partial charge in [0.05, 0.1) is 11.8 Å². The lowest BCUT2D eigenvalue weighted by Gasteiger charge is -2.16. The van der Waals surface area contributed by atoms with Crippen LogP contribution in [0.1, 0.15) is 43.5 Å². The minimum absolute atomic E-state index is 0.103. The molecule has 1 fully saturated rings. The third-order valence-corrected chi connectivity index (χ3v) is 4.26. The molecule has 1 amide bonds. The van der Waals surface area contributed by atoms with Crippen LogP contribution in [0.5, 0.6) is 0 Å². The molecule has 1 saturated heterocycles. The van der Waals surface area contributed by atoms with Crippen LogP contribution in [0.2, 0.25) is 0 Å². The van der Waals surface area contributed by atoms with Crippen LogP contribution in [0.4, 0.5) is 0 Å². The van der Waals surface area contributed by atoms with Gasteiger partial charge in [-0.2, -0.15) is 5.10 Å². The average molecular weight is 291 g/mol. The Morgan fingerprint density at radius 2 is 2.38 bits per heavy atom. The summed E-state index contributed by atoms with van der Waals surface area (Å²) in [6.07, 6.45) is 4.96. The molecule has 6 nitrogen and oxygen atoms in total. The fourth-order valence-electron chi connectivity index (χ4n) is 2.97. The van der Waals surface area contributed by atoms with Crippen molar-refractivity contribution in [3.05, 3.63) is 27.7 Å². The topological polar surface area (TPSA) is 73.2 Å². The molecule has 0 radical (unpaired) electrons. The summed E-state index contributed by atoms with van der Waals surface area (Å²) in [4.78, 5) is 24.3. The predicted octanol–water partition coefficient (Wildman–Crippen LogP) is 0.588. The monoisotopic (exact) mass is 291 g/mol. The molecule has 2 aliphatic rings. The maximum atomic E-state index is 12.2. The Hall–Kier alpha value is -1.69. The van der Waals surface area contributed by atoms with Crippen LogP contribution in [0, 0.1) is 0 Å². The second-order valence-corrected chi connectivity index (χ2v) is 5.81. The standard InChI is InChI=1S/C15H21N3O3/c1-10(15(20)16-9-12-5-3-7-21-12)18-14(19)8-11-4-2-6-13(11)17-18/h8,10,12H,2-7,9H2,1H3,(H,16,20)/t10-,12-/m0/s1. The number of aromatic nitrogens is 2. The van der Waals surface area contributed by atoms with Crippen LogP contribution < -0.4 is 10.9 Å². The third kappa shape index (κ3) is 3.00. The lowest BCUT2D eigenvalue weighted by atomic mass is 10.2. The van der Waals surface area contributed by atoms with Gasteiger partial charge in [-0.15, -0.1) is 0 Å². The lowest BCUT2D eigenvalue weighted by molar-refractivity contribution is -0.124. The average Bonchev–Trinajstić information content (AvgIpc) is 3.13. The molecule has 0 unspecified atom stereocenters. The van der Waals surface area contributed by atoms with E-state index in [1.54, 1.807) is 13.0 Å². The quantitative estimate of drug-likeness (QED) is 0.881. The molecule has 21 heavy (non-hydrogen) atoms. The summed E-state index contributed by atoms with van der Waals surface area (Å²) in [5.74, 6) is -0.182. The number of amides is 1. The van der Waals surface area contributed by atoms with Crippen molar-refractivity contribution >= 4 is 5.91 Å². The highest BCUT2D eigenvalue weighted by Gasteiger charge is 2.23. The van der Waals surface area contributed by atoms with E-state index in [-0.39, 0.29) is 17.6 Å². The van der Waals surface area contributed by atoms with E-state index in [0.717, 1.165) is 50.0 Å². The molecule has 0 aromatic carbocycles. The van der Waals surface area contributed by atoms with Gasteiger partial charge in [-0.05, 0) is 44.6 Å². The van der Waals surface area contributed by atoms with Gasteiger partial charge in [0.2, 0.25) is 5.91 Å². The Morgan fingerprint density at radius 1 is 1.52 bits per heavy atom.